The fraction of sp³-hybridized carbons (Fsp3) is 0.538. The summed E-state index contributed by atoms with van der Waals surface area (Å²) in [6.45, 7) is 3.46. The summed E-state index contributed by atoms with van der Waals surface area (Å²) in [4.78, 5) is 2.13. The normalized spacial score (nSPS) is 25.5. The van der Waals surface area contributed by atoms with Crippen LogP contribution in [0, 0.1) is 5.92 Å². The smallest absolute Gasteiger partial charge is 0.0361 e. The van der Waals surface area contributed by atoms with Gasteiger partial charge in [-0.2, -0.15) is 0 Å². The Morgan fingerprint density at radius 3 is 2.33 bits per heavy atom. The van der Waals surface area contributed by atoms with E-state index in [1.807, 2.05) is 0 Å². The first kappa shape index (κ1) is 10.5. The molecule has 1 fully saturated rings. The standard InChI is InChI=1S/C13H20N2/c1-10-8-13(14-9-10)11-4-6-12(7-5-11)15(2)3/h4-7,10,13-14H,8-9H2,1-3H3/t10-,13-/m1/s1. The number of rotatable bonds is 2. The zero-order valence-corrected chi connectivity index (χ0v) is 9.83. The first-order valence-electron chi connectivity index (χ1n) is 5.67. The van der Waals surface area contributed by atoms with Gasteiger partial charge in [0.25, 0.3) is 0 Å². The molecule has 0 radical (unpaired) electrons. The summed E-state index contributed by atoms with van der Waals surface area (Å²) in [5.41, 5.74) is 2.69. The molecule has 1 aliphatic rings. The van der Waals surface area contributed by atoms with E-state index in [0.717, 1.165) is 12.5 Å². The summed E-state index contributed by atoms with van der Waals surface area (Å²) in [6, 6.07) is 9.44. The highest BCUT2D eigenvalue weighted by molar-refractivity contribution is 5.46. The van der Waals surface area contributed by atoms with Crippen molar-refractivity contribution in [3.8, 4) is 0 Å². The van der Waals surface area contributed by atoms with Crippen LogP contribution < -0.4 is 10.2 Å². The van der Waals surface area contributed by atoms with Crippen LogP contribution in [0.25, 0.3) is 0 Å². The molecule has 1 saturated heterocycles. The van der Waals surface area contributed by atoms with Crippen LogP contribution in [-0.4, -0.2) is 20.6 Å². The van der Waals surface area contributed by atoms with Crippen molar-refractivity contribution in [1.29, 1.82) is 0 Å². The van der Waals surface area contributed by atoms with Crippen LogP contribution in [0.4, 0.5) is 5.69 Å². The van der Waals surface area contributed by atoms with E-state index in [9.17, 15) is 0 Å². The van der Waals surface area contributed by atoms with Gasteiger partial charge in [0.05, 0.1) is 0 Å². The summed E-state index contributed by atoms with van der Waals surface area (Å²) in [6.07, 6.45) is 1.27. The van der Waals surface area contributed by atoms with Gasteiger partial charge < -0.3 is 10.2 Å². The van der Waals surface area contributed by atoms with Gasteiger partial charge in [0.2, 0.25) is 0 Å². The molecule has 15 heavy (non-hydrogen) atoms. The molecule has 2 nitrogen and oxygen atoms in total. The average molecular weight is 204 g/mol. The lowest BCUT2D eigenvalue weighted by molar-refractivity contribution is 0.612. The zero-order chi connectivity index (χ0) is 10.8. The molecule has 0 bridgehead atoms. The van der Waals surface area contributed by atoms with E-state index >= 15 is 0 Å². The number of hydrogen-bond acceptors (Lipinski definition) is 2. The maximum absolute atomic E-state index is 3.56. The summed E-state index contributed by atoms with van der Waals surface area (Å²) in [7, 11) is 4.15. The van der Waals surface area contributed by atoms with Crippen LogP contribution in [0.1, 0.15) is 24.9 Å². The zero-order valence-electron chi connectivity index (χ0n) is 9.83. The Balaban J connectivity index is 2.10. The third-order valence-electron chi connectivity index (χ3n) is 3.16. The fourth-order valence-electron chi connectivity index (χ4n) is 2.17. The van der Waals surface area contributed by atoms with Crippen LogP contribution in [0.5, 0.6) is 0 Å². The van der Waals surface area contributed by atoms with E-state index in [1.165, 1.54) is 17.7 Å². The quantitative estimate of drug-likeness (QED) is 0.796. The molecule has 0 saturated carbocycles. The van der Waals surface area contributed by atoms with E-state index in [0.29, 0.717) is 6.04 Å². The summed E-state index contributed by atoms with van der Waals surface area (Å²) >= 11 is 0. The van der Waals surface area contributed by atoms with Gasteiger partial charge in [-0.3, -0.25) is 0 Å². The van der Waals surface area contributed by atoms with Crippen molar-refractivity contribution in [1.82, 2.24) is 5.32 Å². The first-order chi connectivity index (χ1) is 7.16. The molecule has 2 rings (SSSR count). The van der Waals surface area contributed by atoms with Crippen molar-refractivity contribution in [2.24, 2.45) is 5.92 Å². The van der Waals surface area contributed by atoms with Gasteiger partial charge in [-0.05, 0) is 36.6 Å². The molecule has 1 aromatic carbocycles. The Labute approximate surface area is 92.3 Å². The molecule has 0 spiro atoms. The molecule has 0 unspecified atom stereocenters. The van der Waals surface area contributed by atoms with E-state index in [2.05, 4.69) is 55.5 Å². The molecule has 1 heterocycles. The molecule has 1 aromatic rings. The van der Waals surface area contributed by atoms with E-state index in [1.54, 1.807) is 0 Å². The molecule has 1 N–H and O–H groups in total. The number of nitrogens with one attached hydrogen (secondary N) is 1. The second kappa shape index (κ2) is 4.23. The highest BCUT2D eigenvalue weighted by Crippen LogP contribution is 2.27. The van der Waals surface area contributed by atoms with Gasteiger partial charge in [-0.25, -0.2) is 0 Å². The molecule has 0 aliphatic carbocycles. The molecule has 0 aromatic heterocycles. The molecule has 1 aliphatic heterocycles. The third-order valence-corrected chi connectivity index (χ3v) is 3.16. The fourth-order valence-corrected chi connectivity index (χ4v) is 2.17. The second-order valence-corrected chi connectivity index (χ2v) is 4.79. The van der Waals surface area contributed by atoms with E-state index in [4.69, 9.17) is 0 Å². The highest BCUT2D eigenvalue weighted by Gasteiger charge is 2.21. The lowest BCUT2D eigenvalue weighted by atomic mass is 10.0. The molecule has 2 atom stereocenters. The summed E-state index contributed by atoms with van der Waals surface area (Å²) in [5.74, 6) is 0.809. The topological polar surface area (TPSA) is 15.3 Å². The summed E-state index contributed by atoms with van der Waals surface area (Å²) < 4.78 is 0. The molecular weight excluding hydrogens is 184 g/mol. The van der Waals surface area contributed by atoms with Gasteiger partial charge in [-0.1, -0.05) is 19.1 Å². The Morgan fingerprint density at radius 1 is 1.20 bits per heavy atom. The van der Waals surface area contributed by atoms with Crippen LogP contribution in [0.2, 0.25) is 0 Å². The highest BCUT2D eigenvalue weighted by atomic mass is 15.1. The monoisotopic (exact) mass is 204 g/mol. The Morgan fingerprint density at radius 2 is 1.87 bits per heavy atom. The van der Waals surface area contributed by atoms with Crippen molar-refractivity contribution >= 4 is 5.69 Å². The predicted octanol–water partition coefficient (Wildman–Crippen LogP) is 2.42. The lowest BCUT2D eigenvalue weighted by Gasteiger charge is -2.15. The van der Waals surface area contributed by atoms with Crippen LogP contribution in [0.3, 0.4) is 0 Å². The second-order valence-electron chi connectivity index (χ2n) is 4.79. The van der Waals surface area contributed by atoms with Crippen LogP contribution in [0.15, 0.2) is 24.3 Å². The first-order valence-corrected chi connectivity index (χ1v) is 5.67. The van der Waals surface area contributed by atoms with Gasteiger partial charge >= 0.3 is 0 Å². The number of hydrogen-bond donors (Lipinski definition) is 1. The summed E-state index contributed by atoms with van der Waals surface area (Å²) in [5, 5.41) is 3.56. The Kier molecular flexibility index (Phi) is 2.96. The van der Waals surface area contributed by atoms with Gasteiger partial charge in [-0.15, -0.1) is 0 Å². The molecule has 82 valence electrons. The van der Waals surface area contributed by atoms with Crippen molar-refractivity contribution in [3.05, 3.63) is 29.8 Å². The third kappa shape index (κ3) is 2.32. The maximum atomic E-state index is 3.56. The van der Waals surface area contributed by atoms with E-state index < -0.39 is 0 Å². The maximum Gasteiger partial charge on any atom is 0.0361 e. The van der Waals surface area contributed by atoms with Crippen molar-refractivity contribution in [3.63, 3.8) is 0 Å². The van der Waals surface area contributed by atoms with Crippen molar-refractivity contribution < 1.29 is 0 Å². The number of anilines is 1. The van der Waals surface area contributed by atoms with Crippen LogP contribution in [-0.2, 0) is 0 Å². The minimum Gasteiger partial charge on any atom is -0.378 e. The number of nitrogens with zero attached hydrogens (tertiary/aromatic N) is 1. The molecule has 0 amide bonds. The number of benzene rings is 1. The average Bonchev–Trinajstić information content (AvgIpc) is 2.65. The molecular formula is C13H20N2. The Bertz CT molecular complexity index is 316. The van der Waals surface area contributed by atoms with Gasteiger partial charge in [0.15, 0.2) is 0 Å². The van der Waals surface area contributed by atoms with Gasteiger partial charge in [0, 0.05) is 25.8 Å². The lowest BCUT2D eigenvalue weighted by Crippen LogP contribution is -2.14. The largest absolute Gasteiger partial charge is 0.378 e. The minimum atomic E-state index is 0.566. The van der Waals surface area contributed by atoms with Crippen LogP contribution >= 0.6 is 0 Å². The van der Waals surface area contributed by atoms with E-state index in [-0.39, 0.29) is 0 Å². The minimum absolute atomic E-state index is 0.566. The van der Waals surface area contributed by atoms with Crippen molar-refractivity contribution in [2.75, 3.05) is 25.5 Å². The molecule has 2 heteroatoms. The predicted molar refractivity (Wildman–Crippen MR) is 65.3 cm³/mol. The SMILES string of the molecule is C[C@H]1CN[C@@H](c2ccc(N(C)C)cc2)C1. The van der Waals surface area contributed by atoms with Gasteiger partial charge in [0.1, 0.15) is 0 Å². The van der Waals surface area contributed by atoms with Crippen molar-refractivity contribution in [2.45, 2.75) is 19.4 Å². The Hall–Kier alpha value is -1.02.